The molecule has 6 aromatic rings. The molecule has 340 valence electrons. The van der Waals surface area contributed by atoms with E-state index in [9.17, 15) is 19.2 Å². The number of aromatic carboxylic acids is 1. The third kappa shape index (κ3) is 12.0. The highest BCUT2D eigenvalue weighted by Gasteiger charge is 2.35. The summed E-state index contributed by atoms with van der Waals surface area (Å²) in [4.78, 5) is 54.4. The van der Waals surface area contributed by atoms with Crippen LogP contribution >= 0.6 is 11.6 Å². The molecule has 8 rings (SSSR count). The molecule has 2 aliphatic rings. The van der Waals surface area contributed by atoms with Crippen LogP contribution in [0, 0.1) is 61.3 Å². The quantitative estimate of drug-likeness (QED) is 0.0705. The molecule has 2 aromatic carbocycles. The maximum atomic E-state index is 13.7. The molecule has 1 saturated heterocycles. The number of carboxylic acid groups (broad SMARTS) is 1. The average molecular weight is 893 g/mol. The van der Waals surface area contributed by atoms with Crippen molar-refractivity contribution in [1.82, 2.24) is 34.5 Å². The second kappa shape index (κ2) is 21.6. The Morgan fingerprint density at radius 3 is 1.77 bits per heavy atom. The second-order valence-corrected chi connectivity index (χ2v) is 17.5. The molecule has 14 nitrogen and oxygen atoms in total. The molecule has 2 fully saturated rings. The number of Topliss-reactive ketones (excluding diaryl/α,β-unsaturated/α-hetero) is 1. The number of nitrogen functional groups attached to an aromatic ring is 1. The van der Waals surface area contributed by atoms with Crippen LogP contribution in [-0.2, 0) is 9.59 Å². The van der Waals surface area contributed by atoms with Gasteiger partial charge in [-0.3, -0.25) is 14.4 Å². The number of nitrogens with zero attached hydrogens (tertiary/aromatic N) is 6. The van der Waals surface area contributed by atoms with Gasteiger partial charge in [0.2, 0.25) is 11.1 Å². The predicted molar refractivity (Wildman–Crippen MR) is 253 cm³/mol. The number of rotatable bonds is 6. The van der Waals surface area contributed by atoms with Crippen molar-refractivity contribution in [3.05, 3.63) is 116 Å². The molecule has 64 heavy (non-hydrogen) atoms. The number of benzene rings is 2. The molecule has 5 heterocycles. The first-order valence-corrected chi connectivity index (χ1v) is 22.2. The van der Waals surface area contributed by atoms with Crippen LogP contribution in [0.4, 0.5) is 11.4 Å². The van der Waals surface area contributed by atoms with Gasteiger partial charge in [0.25, 0.3) is 0 Å². The van der Waals surface area contributed by atoms with Crippen LogP contribution in [0.25, 0.3) is 11.3 Å². The smallest absolute Gasteiger partial charge is 0.337 e. The minimum absolute atomic E-state index is 0.0497. The SMILES string of the molecule is CC(=O)Cl.CC(=O)Nc1ccc(C)cc1C(=O)C1CCCC[C@H]1c1cc2nc(C)c(C)c(C)n2n1.Cc1ccc(N)c(C(=O)O)c1.Cc1nc2cc([C@@H]3CCCCN3)nn2c(C)c1C. The molecule has 1 unspecified atom stereocenters. The number of ketones is 1. The Morgan fingerprint density at radius 2 is 1.23 bits per heavy atom. The average Bonchev–Trinajstić information content (AvgIpc) is 3.89. The van der Waals surface area contributed by atoms with Crippen molar-refractivity contribution < 1.29 is 24.3 Å². The summed E-state index contributed by atoms with van der Waals surface area (Å²) >= 11 is 4.64. The summed E-state index contributed by atoms with van der Waals surface area (Å²) < 4.78 is 3.89. The van der Waals surface area contributed by atoms with E-state index in [0.717, 1.165) is 88.7 Å². The summed E-state index contributed by atoms with van der Waals surface area (Å²) in [6.45, 7) is 20.1. The lowest BCUT2D eigenvalue weighted by molar-refractivity contribution is -0.114. The summed E-state index contributed by atoms with van der Waals surface area (Å²) in [6.07, 6.45) is 7.61. The largest absolute Gasteiger partial charge is 0.478 e. The summed E-state index contributed by atoms with van der Waals surface area (Å²) in [7, 11) is 0. The fraction of sp³-hybridized carbons (Fsp3) is 0.429. The first-order chi connectivity index (χ1) is 30.3. The molecule has 1 aliphatic heterocycles. The Bertz CT molecular complexity index is 2680. The van der Waals surface area contributed by atoms with Gasteiger partial charge in [-0.2, -0.15) is 10.2 Å². The van der Waals surface area contributed by atoms with Gasteiger partial charge in [-0.05, 0) is 135 Å². The first kappa shape index (κ1) is 49.0. The van der Waals surface area contributed by atoms with Crippen LogP contribution in [0.5, 0.6) is 0 Å². The standard InChI is InChI=1S/C25H30N4O2.C14H20N4.C8H9NO2.C2H3ClO/c1-14-10-11-22(27-18(5)30)21(12-14)25(31)20-9-7-6-8-19(20)23-13-24-26-16(3)15(2)17(4)29(24)28-23;1-9-10(2)16-14-8-13(17-18(14)11(9)3)12-6-4-5-7-15-12;1-5-2-3-7(9)6(4-5)8(10)11;1-2(3)4/h10-13,19-20H,6-9H2,1-5H3,(H,27,30);8,12,15H,4-7H2,1-3H3;2-4H,9H2,1H3,(H,10,11);1H3/t19-,20?;12-;;/m10../s1. The highest BCUT2D eigenvalue weighted by Crippen LogP contribution is 2.40. The topological polar surface area (TPSA) is 199 Å². The lowest BCUT2D eigenvalue weighted by Gasteiger charge is -2.30. The van der Waals surface area contributed by atoms with Crippen LogP contribution in [0.1, 0.15) is 148 Å². The molecular formula is C49H62ClN9O5. The zero-order chi connectivity index (χ0) is 47.0. The minimum Gasteiger partial charge on any atom is -0.478 e. The monoisotopic (exact) mass is 891 g/mol. The van der Waals surface area contributed by atoms with Crippen molar-refractivity contribution in [2.75, 3.05) is 17.6 Å². The van der Waals surface area contributed by atoms with Crippen molar-refractivity contribution in [3.8, 4) is 0 Å². The number of carboxylic acids is 1. The molecule has 3 atom stereocenters. The van der Waals surface area contributed by atoms with Crippen LogP contribution in [0.3, 0.4) is 0 Å². The normalized spacial score (nSPS) is 17.0. The van der Waals surface area contributed by atoms with Crippen molar-refractivity contribution in [1.29, 1.82) is 0 Å². The minimum atomic E-state index is -0.980. The van der Waals surface area contributed by atoms with E-state index >= 15 is 0 Å². The third-order valence-corrected chi connectivity index (χ3v) is 12.1. The van der Waals surface area contributed by atoms with Crippen LogP contribution in [0.2, 0.25) is 0 Å². The van der Waals surface area contributed by atoms with Gasteiger partial charge in [0.15, 0.2) is 17.1 Å². The third-order valence-electron chi connectivity index (χ3n) is 12.1. The van der Waals surface area contributed by atoms with Gasteiger partial charge in [0.05, 0.1) is 28.7 Å². The maximum Gasteiger partial charge on any atom is 0.337 e. The van der Waals surface area contributed by atoms with E-state index in [1.807, 2.05) is 54.1 Å². The molecule has 0 spiro atoms. The number of aryl methyl sites for hydroxylation is 6. The van der Waals surface area contributed by atoms with Gasteiger partial charge < -0.3 is 21.5 Å². The van der Waals surface area contributed by atoms with E-state index in [4.69, 9.17) is 26.0 Å². The Morgan fingerprint density at radius 1 is 0.719 bits per heavy atom. The summed E-state index contributed by atoms with van der Waals surface area (Å²) in [5.74, 6) is -1.17. The molecule has 5 N–H and O–H groups in total. The fourth-order valence-corrected chi connectivity index (χ4v) is 8.25. The molecule has 0 radical (unpaired) electrons. The molecule has 1 aliphatic carbocycles. The van der Waals surface area contributed by atoms with Gasteiger partial charge >= 0.3 is 5.97 Å². The number of fused-ring (bicyclic) bond motifs is 2. The number of piperidine rings is 1. The summed E-state index contributed by atoms with van der Waals surface area (Å²) in [5, 5.41) is 24.2. The number of aromatic nitrogens is 6. The van der Waals surface area contributed by atoms with Crippen LogP contribution < -0.4 is 16.4 Å². The number of halogens is 1. The van der Waals surface area contributed by atoms with Gasteiger partial charge in [-0.1, -0.05) is 42.5 Å². The number of carbonyl (C=O) groups is 4. The molecule has 4 aromatic heterocycles. The lowest BCUT2D eigenvalue weighted by Crippen LogP contribution is -2.27. The van der Waals surface area contributed by atoms with E-state index in [-0.39, 0.29) is 34.3 Å². The number of carbonyl (C=O) groups excluding carboxylic acids is 3. The molecule has 1 saturated carbocycles. The molecular weight excluding hydrogens is 830 g/mol. The fourth-order valence-electron chi connectivity index (χ4n) is 8.25. The van der Waals surface area contributed by atoms with Crippen molar-refractivity contribution in [3.63, 3.8) is 0 Å². The Hall–Kier alpha value is -5.99. The number of amides is 1. The zero-order valence-electron chi connectivity index (χ0n) is 38.7. The van der Waals surface area contributed by atoms with Gasteiger partial charge in [-0.25, -0.2) is 23.8 Å². The molecule has 1 amide bonds. The zero-order valence-corrected chi connectivity index (χ0v) is 39.5. The predicted octanol–water partition coefficient (Wildman–Crippen LogP) is 9.59. The van der Waals surface area contributed by atoms with Crippen molar-refractivity contribution in [2.24, 2.45) is 5.92 Å². The van der Waals surface area contributed by atoms with E-state index in [1.165, 1.54) is 44.4 Å². The van der Waals surface area contributed by atoms with Crippen molar-refractivity contribution in [2.45, 2.75) is 126 Å². The number of hydrogen-bond acceptors (Lipinski definition) is 10. The highest BCUT2D eigenvalue weighted by atomic mass is 35.5. The van der Waals surface area contributed by atoms with Gasteiger partial charge in [0, 0.05) is 71.8 Å². The van der Waals surface area contributed by atoms with Crippen LogP contribution in [0.15, 0.2) is 48.5 Å². The van der Waals surface area contributed by atoms with E-state index in [1.54, 1.807) is 18.2 Å². The van der Waals surface area contributed by atoms with Crippen molar-refractivity contribution >= 4 is 57.2 Å². The lowest BCUT2D eigenvalue weighted by atomic mass is 9.73. The number of nitrogens with one attached hydrogen (secondary N) is 2. The van der Waals surface area contributed by atoms with Gasteiger partial charge in [0.1, 0.15) is 0 Å². The Kier molecular flexibility index (Phi) is 16.5. The number of hydrogen-bond donors (Lipinski definition) is 4. The second-order valence-electron chi connectivity index (χ2n) is 17.0. The van der Waals surface area contributed by atoms with Gasteiger partial charge in [-0.15, -0.1) is 0 Å². The molecule has 15 heteroatoms. The Labute approximate surface area is 380 Å². The van der Waals surface area contributed by atoms with E-state index < -0.39 is 5.97 Å². The number of anilines is 2. The molecule has 0 bridgehead atoms. The summed E-state index contributed by atoms with van der Waals surface area (Å²) in [5.41, 5.74) is 19.6. The Balaban J connectivity index is 0.000000195. The van der Waals surface area contributed by atoms with Crippen LogP contribution in [-0.4, -0.2) is 63.7 Å². The summed E-state index contributed by atoms with van der Waals surface area (Å²) in [6, 6.07) is 15.1. The first-order valence-electron chi connectivity index (χ1n) is 21.9. The van der Waals surface area contributed by atoms with E-state index in [0.29, 0.717) is 23.0 Å². The van der Waals surface area contributed by atoms with E-state index in [2.05, 4.69) is 67.9 Å². The highest BCUT2D eigenvalue weighted by molar-refractivity contribution is 6.62. The number of nitrogens with two attached hydrogens (primary N) is 1. The maximum absolute atomic E-state index is 13.7.